The number of carbonyl (C=O) groups excluding carboxylic acids is 2. The zero-order chi connectivity index (χ0) is 33.6. The Morgan fingerprint density at radius 2 is 1.57 bits per heavy atom. The number of hydrogen-bond acceptors (Lipinski definition) is 13. The van der Waals surface area contributed by atoms with Crippen molar-refractivity contribution in [2.24, 2.45) is 0 Å². The Labute approximate surface area is 272 Å². The molecule has 0 aliphatic carbocycles. The van der Waals surface area contributed by atoms with Crippen LogP contribution in [0.1, 0.15) is 59.9 Å². The van der Waals surface area contributed by atoms with Gasteiger partial charge in [0.1, 0.15) is 28.6 Å². The number of rotatable bonds is 16. The van der Waals surface area contributed by atoms with E-state index in [0.717, 1.165) is 6.42 Å². The molecule has 244 valence electrons. The highest BCUT2D eigenvalue weighted by atomic mass is 19.1. The van der Waals surface area contributed by atoms with Crippen LogP contribution in [0.15, 0.2) is 60.9 Å². The first kappa shape index (κ1) is 34.0. The summed E-state index contributed by atoms with van der Waals surface area (Å²) in [7, 11) is 0. The van der Waals surface area contributed by atoms with Gasteiger partial charge in [0.25, 0.3) is 0 Å². The lowest BCUT2D eigenvalue weighted by Gasteiger charge is -2.24. The molecular weight excluding hydrogens is 605 g/mol. The van der Waals surface area contributed by atoms with Gasteiger partial charge in [-0.1, -0.05) is 19.1 Å². The highest BCUT2D eigenvalue weighted by Gasteiger charge is 2.21. The molecule has 0 saturated carbocycles. The van der Waals surface area contributed by atoms with E-state index in [-0.39, 0.29) is 36.1 Å². The van der Waals surface area contributed by atoms with Crippen LogP contribution in [-0.4, -0.2) is 64.7 Å². The third-order valence-electron chi connectivity index (χ3n) is 6.56. The second kappa shape index (κ2) is 17.0. The molecule has 13 nitrogen and oxygen atoms in total. The lowest BCUT2D eigenvalue weighted by atomic mass is 10.2. The van der Waals surface area contributed by atoms with Gasteiger partial charge in [-0.25, -0.2) is 23.9 Å². The largest absolute Gasteiger partial charge is 0.462 e. The van der Waals surface area contributed by atoms with Crippen molar-refractivity contribution in [2.75, 3.05) is 53.7 Å². The van der Waals surface area contributed by atoms with Crippen LogP contribution in [0.5, 0.6) is 0 Å². The Bertz CT molecular complexity index is 1730. The fraction of sp³-hybridized carbons (Fsp3) is 0.303. The van der Waals surface area contributed by atoms with Crippen molar-refractivity contribution in [3.63, 3.8) is 0 Å². The molecule has 14 heteroatoms. The van der Waals surface area contributed by atoms with Crippen molar-refractivity contribution in [3.05, 3.63) is 83.4 Å². The first-order valence-electron chi connectivity index (χ1n) is 15.2. The van der Waals surface area contributed by atoms with Crippen molar-refractivity contribution in [2.45, 2.75) is 33.6 Å². The molecule has 0 spiro atoms. The van der Waals surface area contributed by atoms with Crippen molar-refractivity contribution < 1.29 is 23.5 Å². The molecule has 2 heterocycles. The first-order chi connectivity index (χ1) is 22.9. The molecule has 2 aromatic carbocycles. The lowest BCUT2D eigenvalue weighted by Crippen LogP contribution is -2.24. The van der Waals surface area contributed by atoms with Crippen LogP contribution in [0.3, 0.4) is 0 Å². The Balaban J connectivity index is 1.59. The van der Waals surface area contributed by atoms with Gasteiger partial charge in [-0.05, 0) is 63.1 Å². The van der Waals surface area contributed by atoms with E-state index < -0.39 is 17.8 Å². The Morgan fingerprint density at radius 3 is 2.26 bits per heavy atom. The zero-order valence-electron chi connectivity index (χ0n) is 26.4. The molecular formula is C33H36FN9O4. The van der Waals surface area contributed by atoms with Gasteiger partial charge >= 0.3 is 11.9 Å². The Kier molecular flexibility index (Phi) is 12.3. The van der Waals surface area contributed by atoms with Gasteiger partial charge in [0.2, 0.25) is 11.9 Å². The van der Waals surface area contributed by atoms with Gasteiger partial charge in [0.15, 0.2) is 0 Å². The summed E-state index contributed by atoms with van der Waals surface area (Å²) in [5.41, 5.74) is 1.92. The number of aromatic nitrogens is 4. The summed E-state index contributed by atoms with van der Waals surface area (Å²) in [6.45, 7) is 7.10. The van der Waals surface area contributed by atoms with Crippen LogP contribution in [0, 0.1) is 17.1 Å². The number of nitrogens with one attached hydrogen (secondary N) is 3. The van der Waals surface area contributed by atoms with E-state index >= 15 is 0 Å². The summed E-state index contributed by atoms with van der Waals surface area (Å²) in [6, 6.07) is 15.0. The number of benzene rings is 2. The third-order valence-corrected chi connectivity index (χ3v) is 6.56. The van der Waals surface area contributed by atoms with Crippen LogP contribution in [-0.2, 0) is 9.47 Å². The van der Waals surface area contributed by atoms with Crippen LogP contribution < -0.4 is 20.9 Å². The van der Waals surface area contributed by atoms with E-state index in [0.29, 0.717) is 54.8 Å². The first-order valence-corrected chi connectivity index (χ1v) is 15.2. The predicted molar refractivity (Wildman–Crippen MR) is 176 cm³/mol. The number of halogens is 1. The predicted octanol–water partition coefficient (Wildman–Crippen LogP) is 5.84. The maximum atomic E-state index is 13.7. The molecule has 0 saturated heterocycles. The lowest BCUT2D eigenvalue weighted by molar-refractivity contribution is 0.0517. The molecule has 0 unspecified atom stereocenters. The standard InChI is InChI=1S/C33H36FN9O4/c1-4-14-36-29-27(31(45)47-6-3)21-39-33(42-29)43(25-13-7-10-22(17-25)19-35)16-9-15-37-28-26(30(44)46-5-2)20-38-32(41-28)40-24-12-8-11-23(34)18-24/h7-8,10-13,17-18,20-21H,4-6,9,14-16H2,1-3H3,(H,36,39,42)(H2,37,38,40,41). The second-order valence-electron chi connectivity index (χ2n) is 9.99. The highest BCUT2D eigenvalue weighted by molar-refractivity contribution is 5.95. The monoisotopic (exact) mass is 641 g/mol. The minimum Gasteiger partial charge on any atom is -0.462 e. The number of anilines is 6. The molecule has 4 aromatic rings. The summed E-state index contributed by atoms with van der Waals surface area (Å²) in [5, 5.41) is 18.9. The number of hydrogen-bond donors (Lipinski definition) is 3. The zero-order valence-corrected chi connectivity index (χ0v) is 26.4. The molecule has 0 amide bonds. The molecule has 0 radical (unpaired) electrons. The van der Waals surface area contributed by atoms with E-state index in [1.807, 2.05) is 17.9 Å². The van der Waals surface area contributed by atoms with Crippen LogP contribution >= 0.6 is 0 Å². The van der Waals surface area contributed by atoms with E-state index in [4.69, 9.17) is 9.47 Å². The maximum absolute atomic E-state index is 13.7. The number of nitriles is 1. The van der Waals surface area contributed by atoms with Crippen LogP contribution in [0.4, 0.5) is 39.3 Å². The SMILES string of the molecule is CCCNc1nc(N(CCCNc2nc(Nc3cccc(F)c3)ncc2C(=O)OCC)c2cccc(C#N)c2)ncc1C(=O)OCC. The van der Waals surface area contributed by atoms with E-state index in [2.05, 4.69) is 42.0 Å². The van der Waals surface area contributed by atoms with Gasteiger partial charge < -0.3 is 30.3 Å². The van der Waals surface area contributed by atoms with Gasteiger partial charge in [0, 0.05) is 43.4 Å². The van der Waals surface area contributed by atoms with Gasteiger partial charge in [-0.15, -0.1) is 0 Å². The Hall–Kier alpha value is -5.84. The van der Waals surface area contributed by atoms with Crippen LogP contribution in [0.2, 0.25) is 0 Å². The van der Waals surface area contributed by atoms with E-state index in [1.54, 1.807) is 44.2 Å². The number of carbonyl (C=O) groups is 2. The van der Waals surface area contributed by atoms with Crippen molar-refractivity contribution in [1.82, 2.24) is 19.9 Å². The maximum Gasteiger partial charge on any atom is 0.343 e. The second-order valence-corrected chi connectivity index (χ2v) is 9.99. The molecule has 0 aliphatic heterocycles. The molecule has 47 heavy (non-hydrogen) atoms. The van der Waals surface area contributed by atoms with Crippen molar-refractivity contribution in [3.8, 4) is 6.07 Å². The number of ether oxygens (including phenoxy) is 2. The third kappa shape index (κ3) is 9.33. The molecule has 2 aromatic heterocycles. The molecule has 3 N–H and O–H groups in total. The van der Waals surface area contributed by atoms with Gasteiger partial charge in [-0.3, -0.25) is 0 Å². The summed E-state index contributed by atoms with van der Waals surface area (Å²) in [5.74, 6) is -0.512. The fourth-order valence-corrected chi connectivity index (χ4v) is 4.40. The molecule has 0 aliphatic rings. The summed E-state index contributed by atoms with van der Waals surface area (Å²) >= 11 is 0. The van der Waals surface area contributed by atoms with Gasteiger partial charge in [0.05, 0.1) is 24.8 Å². The topological polar surface area (TPSA) is 167 Å². The molecule has 0 bridgehead atoms. The number of nitrogens with zero attached hydrogens (tertiary/aromatic N) is 6. The van der Waals surface area contributed by atoms with Gasteiger partial charge in [-0.2, -0.15) is 15.2 Å². The minimum absolute atomic E-state index is 0.139. The number of esters is 2. The minimum atomic E-state index is -0.593. The summed E-state index contributed by atoms with van der Waals surface area (Å²) in [6.07, 6.45) is 4.07. The average molecular weight is 642 g/mol. The summed E-state index contributed by atoms with van der Waals surface area (Å²) in [4.78, 5) is 44.9. The normalized spacial score (nSPS) is 10.4. The summed E-state index contributed by atoms with van der Waals surface area (Å²) < 4.78 is 24.1. The van der Waals surface area contributed by atoms with Crippen LogP contribution in [0.25, 0.3) is 0 Å². The highest BCUT2D eigenvalue weighted by Crippen LogP contribution is 2.26. The fourth-order valence-electron chi connectivity index (χ4n) is 4.40. The van der Waals surface area contributed by atoms with E-state index in [9.17, 15) is 19.2 Å². The average Bonchev–Trinajstić information content (AvgIpc) is 3.07. The molecule has 4 rings (SSSR count). The van der Waals surface area contributed by atoms with Crippen molar-refractivity contribution in [1.29, 1.82) is 5.26 Å². The quantitative estimate of drug-likeness (QED) is 0.0987. The van der Waals surface area contributed by atoms with E-state index in [1.165, 1.54) is 24.5 Å². The molecule has 0 atom stereocenters. The van der Waals surface area contributed by atoms with Crippen molar-refractivity contribution >= 4 is 46.8 Å². The Morgan fingerprint density at radius 1 is 0.894 bits per heavy atom. The smallest absolute Gasteiger partial charge is 0.343 e. The molecule has 0 fully saturated rings.